The van der Waals surface area contributed by atoms with Crippen LogP contribution in [-0.4, -0.2) is 11.5 Å². The molecule has 1 saturated heterocycles. The molecule has 0 radical (unpaired) electrons. The van der Waals surface area contributed by atoms with E-state index in [-0.39, 0.29) is 11.9 Å². The third-order valence-corrected chi connectivity index (χ3v) is 4.32. The zero-order chi connectivity index (χ0) is 10.8. The molecule has 0 spiro atoms. The van der Waals surface area contributed by atoms with E-state index in [1.807, 2.05) is 11.8 Å². The summed E-state index contributed by atoms with van der Waals surface area (Å²) in [6.07, 6.45) is 1.10. The van der Waals surface area contributed by atoms with Crippen LogP contribution in [0.5, 0.6) is 0 Å². The Morgan fingerprint density at radius 3 is 3.00 bits per heavy atom. The zero-order valence-corrected chi connectivity index (χ0v) is 9.82. The highest BCUT2D eigenvalue weighted by atomic mass is 35.5. The van der Waals surface area contributed by atoms with E-state index in [2.05, 4.69) is 0 Å². The summed E-state index contributed by atoms with van der Waals surface area (Å²) in [5.41, 5.74) is 6.85. The third-order valence-electron chi connectivity index (χ3n) is 2.79. The minimum Gasteiger partial charge on any atom is -0.324 e. The molecule has 1 fully saturated rings. The van der Waals surface area contributed by atoms with E-state index in [0.29, 0.717) is 10.9 Å². The minimum absolute atomic E-state index is 0.136. The van der Waals surface area contributed by atoms with Gasteiger partial charge in [0.1, 0.15) is 5.82 Å². The smallest absolute Gasteiger partial charge is 0.123 e. The lowest BCUT2D eigenvalue weighted by Crippen LogP contribution is -2.21. The predicted molar refractivity (Wildman–Crippen MR) is 63.8 cm³/mol. The number of hydrogen-bond donors (Lipinski definition) is 1. The maximum Gasteiger partial charge on any atom is 0.123 e. The number of thioether (sulfide) groups is 1. The maximum atomic E-state index is 13.1. The molecule has 0 saturated carbocycles. The predicted octanol–water partition coefficient (Wildman–Crippen LogP) is 3.23. The Bertz CT molecular complexity index is 352. The molecule has 0 bridgehead atoms. The average molecular weight is 246 g/mol. The molecule has 2 unspecified atom stereocenters. The molecule has 1 aromatic carbocycles. The Labute approximate surface area is 98.2 Å². The molecule has 1 aliphatic heterocycles. The quantitative estimate of drug-likeness (QED) is 0.866. The maximum absolute atomic E-state index is 13.1. The molecule has 1 aliphatic rings. The van der Waals surface area contributed by atoms with Gasteiger partial charge in [0.25, 0.3) is 0 Å². The lowest BCUT2D eigenvalue weighted by molar-refractivity contribution is 0.479. The molecule has 1 aromatic rings. The van der Waals surface area contributed by atoms with E-state index in [0.717, 1.165) is 23.5 Å². The largest absolute Gasteiger partial charge is 0.324 e. The van der Waals surface area contributed by atoms with Crippen molar-refractivity contribution in [3.63, 3.8) is 0 Å². The molecule has 15 heavy (non-hydrogen) atoms. The standard InChI is InChI=1S/C11H13ClFNS/c12-10-2-1-8(13)5-9(10)11(14)7-3-4-15-6-7/h1-2,5,7,11H,3-4,6,14H2. The van der Waals surface area contributed by atoms with Crippen LogP contribution in [0.3, 0.4) is 0 Å². The van der Waals surface area contributed by atoms with Gasteiger partial charge < -0.3 is 5.73 Å². The molecule has 0 aromatic heterocycles. The van der Waals surface area contributed by atoms with E-state index in [1.54, 1.807) is 6.07 Å². The highest BCUT2D eigenvalue weighted by Crippen LogP contribution is 2.35. The first-order chi connectivity index (χ1) is 7.18. The molecule has 0 aliphatic carbocycles. The first kappa shape index (κ1) is 11.2. The summed E-state index contributed by atoms with van der Waals surface area (Å²) in [6, 6.07) is 4.26. The van der Waals surface area contributed by atoms with Gasteiger partial charge in [-0.05, 0) is 47.6 Å². The lowest BCUT2D eigenvalue weighted by atomic mass is 9.93. The Kier molecular flexibility index (Phi) is 3.54. The van der Waals surface area contributed by atoms with Crippen molar-refractivity contribution in [3.05, 3.63) is 34.6 Å². The van der Waals surface area contributed by atoms with Crippen molar-refractivity contribution >= 4 is 23.4 Å². The molecule has 2 N–H and O–H groups in total. The van der Waals surface area contributed by atoms with Gasteiger partial charge in [-0.25, -0.2) is 4.39 Å². The van der Waals surface area contributed by atoms with Crippen molar-refractivity contribution in [1.82, 2.24) is 0 Å². The molecular formula is C11H13ClFNS. The van der Waals surface area contributed by atoms with Gasteiger partial charge in [-0.3, -0.25) is 0 Å². The van der Waals surface area contributed by atoms with E-state index < -0.39 is 0 Å². The van der Waals surface area contributed by atoms with E-state index in [4.69, 9.17) is 17.3 Å². The summed E-state index contributed by atoms with van der Waals surface area (Å²) >= 11 is 7.91. The number of nitrogens with two attached hydrogens (primary N) is 1. The normalized spacial score (nSPS) is 23.0. The number of hydrogen-bond acceptors (Lipinski definition) is 2. The molecule has 4 heteroatoms. The molecular weight excluding hydrogens is 233 g/mol. The second kappa shape index (κ2) is 4.73. The van der Waals surface area contributed by atoms with Gasteiger partial charge in [-0.2, -0.15) is 11.8 Å². The monoisotopic (exact) mass is 245 g/mol. The fourth-order valence-electron chi connectivity index (χ4n) is 1.86. The average Bonchev–Trinajstić information content (AvgIpc) is 2.74. The van der Waals surface area contributed by atoms with Crippen LogP contribution in [-0.2, 0) is 0 Å². The van der Waals surface area contributed by atoms with Crippen molar-refractivity contribution in [1.29, 1.82) is 0 Å². The molecule has 82 valence electrons. The summed E-state index contributed by atoms with van der Waals surface area (Å²) in [7, 11) is 0. The van der Waals surface area contributed by atoms with Crippen LogP contribution in [0, 0.1) is 11.7 Å². The highest BCUT2D eigenvalue weighted by molar-refractivity contribution is 7.99. The molecule has 0 amide bonds. The molecule has 2 atom stereocenters. The van der Waals surface area contributed by atoms with Gasteiger partial charge in [-0.1, -0.05) is 11.6 Å². The van der Waals surface area contributed by atoms with Crippen LogP contribution < -0.4 is 5.73 Å². The van der Waals surface area contributed by atoms with Crippen LogP contribution in [0.4, 0.5) is 4.39 Å². The SMILES string of the molecule is NC(c1cc(F)ccc1Cl)C1CCSC1. The van der Waals surface area contributed by atoms with Crippen LogP contribution in [0.25, 0.3) is 0 Å². The van der Waals surface area contributed by atoms with Crippen LogP contribution >= 0.6 is 23.4 Å². The van der Waals surface area contributed by atoms with Crippen LogP contribution in [0.2, 0.25) is 5.02 Å². The Hall–Kier alpha value is -0.250. The fourth-order valence-corrected chi connectivity index (χ4v) is 3.42. The molecule has 2 rings (SSSR count). The Morgan fingerprint density at radius 1 is 1.53 bits per heavy atom. The van der Waals surface area contributed by atoms with Gasteiger partial charge in [0.15, 0.2) is 0 Å². The van der Waals surface area contributed by atoms with Gasteiger partial charge >= 0.3 is 0 Å². The summed E-state index contributed by atoms with van der Waals surface area (Å²) < 4.78 is 13.1. The van der Waals surface area contributed by atoms with Gasteiger partial charge in [-0.15, -0.1) is 0 Å². The van der Waals surface area contributed by atoms with E-state index in [1.165, 1.54) is 12.1 Å². The summed E-state index contributed by atoms with van der Waals surface area (Å²) in [4.78, 5) is 0. The van der Waals surface area contributed by atoms with Crippen molar-refractivity contribution in [3.8, 4) is 0 Å². The third kappa shape index (κ3) is 2.47. The second-order valence-corrected chi connectivity index (χ2v) is 5.37. The van der Waals surface area contributed by atoms with Gasteiger partial charge in [0, 0.05) is 11.1 Å². The summed E-state index contributed by atoms with van der Waals surface area (Å²) in [6.45, 7) is 0. The topological polar surface area (TPSA) is 26.0 Å². The highest BCUT2D eigenvalue weighted by Gasteiger charge is 2.25. The van der Waals surface area contributed by atoms with Crippen molar-refractivity contribution < 1.29 is 4.39 Å². The van der Waals surface area contributed by atoms with E-state index in [9.17, 15) is 4.39 Å². The lowest BCUT2D eigenvalue weighted by Gasteiger charge is -2.19. The number of benzene rings is 1. The number of halogens is 2. The van der Waals surface area contributed by atoms with Crippen molar-refractivity contribution in [2.45, 2.75) is 12.5 Å². The second-order valence-electron chi connectivity index (χ2n) is 3.82. The van der Waals surface area contributed by atoms with E-state index >= 15 is 0 Å². The number of rotatable bonds is 2. The Balaban J connectivity index is 2.23. The van der Waals surface area contributed by atoms with Gasteiger partial charge in [0.2, 0.25) is 0 Å². The Morgan fingerprint density at radius 2 is 2.33 bits per heavy atom. The van der Waals surface area contributed by atoms with Gasteiger partial charge in [0.05, 0.1) is 0 Å². The molecule has 1 heterocycles. The zero-order valence-electron chi connectivity index (χ0n) is 8.25. The summed E-state index contributed by atoms with van der Waals surface area (Å²) in [5.74, 6) is 2.35. The minimum atomic E-state index is -0.268. The van der Waals surface area contributed by atoms with Crippen molar-refractivity contribution in [2.24, 2.45) is 11.7 Å². The molecule has 1 nitrogen and oxygen atoms in total. The van der Waals surface area contributed by atoms with Crippen molar-refractivity contribution in [2.75, 3.05) is 11.5 Å². The fraction of sp³-hybridized carbons (Fsp3) is 0.455. The van der Waals surface area contributed by atoms with Crippen LogP contribution in [0.15, 0.2) is 18.2 Å². The van der Waals surface area contributed by atoms with Crippen LogP contribution in [0.1, 0.15) is 18.0 Å². The first-order valence-electron chi connectivity index (χ1n) is 4.97. The summed E-state index contributed by atoms with van der Waals surface area (Å²) in [5, 5.41) is 0.570. The first-order valence-corrected chi connectivity index (χ1v) is 6.50.